The van der Waals surface area contributed by atoms with Crippen LogP contribution in [0.2, 0.25) is 0 Å². The van der Waals surface area contributed by atoms with Gasteiger partial charge in [-0.15, -0.1) is 0 Å². The van der Waals surface area contributed by atoms with Crippen molar-refractivity contribution in [1.82, 2.24) is 5.32 Å². The lowest BCUT2D eigenvalue weighted by Gasteiger charge is -2.23. The molecule has 2 atom stereocenters. The van der Waals surface area contributed by atoms with Crippen LogP contribution < -0.4 is 11.1 Å². The normalized spacial score (nSPS) is 26.5. The zero-order valence-electron chi connectivity index (χ0n) is 7.12. The van der Waals surface area contributed by atoms with Gasteiger partial charge in [-0.05, 0) is 19.3 Å². The number of amides is 1. The Labute approximate surface area is 72.1 Å². The van der Waals surface area contributed by atoms with Crippen LogP contribution in [0.25, 0.3) is 0 Å². The zero-order valence-corrected chi connectivity index (χ0v) is 7.12. The maximum Gasteiger partial charge on any atom is 0.223 e. The van der Waals surface area contributed by atoms with Gasteiger partial charge in [0, 0.05) is 18.5 Å². The van der Waals surface area contributed by atoms with Gasteiger partial charge in [0.15, 0.2) is 0 Å². The summed E-state index contributed by atoms with van der Waals surface area (Å²) < 4.78 is 0. The molecular formula is C8H16N2O2. The van der Waals surface area contributed by atoms with Crippen LogP contribution in [0.15, 0.2) is 0 Å². The zero-order chi connectivity index (χ0) is 8.97. The molecule has 1 fully saturated rings. The molecule has 0 bridgehead atoms. The van der Waals surface area contributed by atoms with Crippen LogP contribution in [-0.2, 0) is 4.79 Å². The Balaban J connectivity index is 2.34. The maximum atomic E-state index is 11.2. The Bertz CT molecular complexity index is 161. The molecule has 0 unspecified atom stereocenters. The fourth-order valence-corrected chi connectivity index (χ4v) is 1.50. The number of rotatable bonds is 3. The molecule has 0 aromatic heterocycles. The molecule has 70 valence electrons. The van der Waals surface area contributed by atoms with Crippen molar-refractivity contribution in [3.05, 3.63) is 0 Å². The highest BCUT2D eigenvalue weighted by molar-refractivity contribution is 5.79. The predicted molar refractivity (Wildman–Crippen MR) is 45.4 cm³/mol. The van der Waals surface area contributed by atoms with Crippen molar-refractivity contribution in [1.29, 1.82) is 0 Å². The second-order valence-electron chi connectivity index (χ2n) is 3.31. The SMILES string of the molecule is N[C@H](CO)C[C@@H]1CCCNC1=O. The second kappa shape index (κ2) is 4.42. The van der Waals surface area contributed by atoms with Gasteiger partial charge in [0.05, 0.1) is 6.61 Å². The highest BCUT2D eigenvalue weighted by Crippen LogP contribution is 2.16. The summed E-state index contributed by atoms with van der Waals surface area (Å²) in [6.45, 7) is 0.744. The lowest BCUT2D eigenvalue weighted by atomic mass is 9.92. The van der Waals surface area contributed by atoms with E-state index in [2.05, 4.69) is 5.32 Å². The van der Waals surface area contributed by atoms with E-state index in [0.717, 1.165) is 19.4 Å². The van der Waals surface area contributed by atoms with Gasteiger partial charge in [-0.1, -0.05) is 0 Å². The van der Waals surface area contributed by atoms with Gasteiger partial charge < -0.3 is 16.2 Å². The van der Waals surface area contributed by atoms with Crippen LogP contribution in [0.3, 0.4) is 0 Å². The molecule has 4 N–H and O–H groups in total. The van der Waals surface area contributed by atoms with E-state index < -0.39 is 0 Å². The third kappa shape index (κ3) is 2.46. The van der Waals surface area contributed by atoms with Gasteiger partial charge in [-0.25, -0.2) is 0 Å². The molecule has 0 aromatic carbocycles. The standard InChI is InChI=1S/C8H16N2O2/c9-7(5-11)4-6-2-1-3-10-8(6)12/h6-7,11H,1-5,9H2,(H,10,12)/t6-,7-/m0/s1. The Morgan fingerprint density at radius 2 is 2.50 bits per heavy atom. The van der Waals surface area contributed by atoms with E-state index in [1.807, 2.05) is 0 Å². The first-order chi connectivity index (χ1) is 5.74. The molecule has 0 aromatic rings. The Morgan fingerprint density at radius 3 is 3.08 bits per heavy atom. The van der Waals surface area contributed by atoms with E-state index in [1.54, 1.807) is 0 Å². The summed E-state index contributed by atoms with van der Waals surface area (Å²) in [5.74, 6) is 0.103. The fourth-order valence-electron chi connectivity index (χ4n) is 1.50. The van der Waals surface area contributed by atoms with Crippen molar-refractivity contribution >= 4 is 5.91 Å². The van der Waals surface area contributed by atoms with Crippen LogP contribution in [0, 0.1) is 5.92 Å². The molecule has 0 radical (unpaired) electrons. The van der Waals surface area contributed by atoms with Crippen LogP contribution in [0.4, 0.5) is 0 Å². The highest BCUT2D eigenvalue weighted by Gasteiger charge is 2.23. The molecule has 0 aliphatic carbocycles. The number of hydrogen-bond acceptors (Lipinski definition) is 3. The van der Waals surface area contributed by atoms with Crippen molar-refractivity contribution < 1.29 is 9.90 Å². The Kier molecular flexibility index (Phi) is 3.49. The summed E-state index contributed by atoms with van der Waals surface area (Å²) in [4.78, 5) is 11.2. The summed E-state index contributed by atoms with van der Waals surface area (Å²) >= 11 is 0. The first-order valence-corrected chi connectivity index (χ1v) is 4.38. The maximum absolute atomic E-state index is 11.2. The average molecular weight is 172 g/mol. The minimum atomic E-state index is -0.251. The van der Waals surface area contributed by atoms with Crippen LogP contribution in [0.1, 0.15) is 19.3 Å². The van der Waals surface area contributed by atoms with Gasteiger partial charge >= 0.3 is 0 Å². The quantitative estimate of drug-likeness (QED) is 0.523. The molecule has 1 amide bonds. The van der Waals surface area contributed by atoms with E-state index in [4.69, 9.17) is 10.8 Å². The molecule has 1 aliphatic rings. The van der Waals surface area contributed by atoms with Crippen LogP contribution in [0.5, 0.6) is 0 Å². The van der Waals surface area contributed by atoms with E-state index in [9.17, 15) is 4.79 Å². The number of aliphatic hydroxyl groups excluding tert-OH is 1. The molecule has 4 nitrogen and oxygen atoms in total. The van der Waals surface area contributed by atoms with Gasteiger partial charge in [0.25, 0.3) is 0 Å². The third-order valence-electron chi connectivity index (χ3n) is 2.22. The van der Waals surface area contributed by atoms with E-state index >= 15 is 0 Å². The minimum absolute atomic E-state index is 0.0147. The average Bonchev–Trinajstić information content (AvgIpc) is 2.09. The summed E-state index contributed by atoms with van der Waals surface area (Å²) in [6.07, 6.45) is 2.52. The van der Waals surface area contributed by atoms with Gasteiger partial charge in [-0.3, -0.25) is 4.79 Å². The highest BCUT2D eigenvalue weighted by atomic mass is 16.3. The minimum Gasteiger partial charge on any atom is -0.395 e. The number of carbonyl (C=O) groups is 1. The van der Waals surface area contributed by atoms with E-state index in [0.29, 0.717) is 6.42 Å². The second-order valence-corrected chi connectivity index (χ2v) is 3.31. The predicted octanol–water partition coefficient (Wildman–Crippen LogP) is -0.778. The summed E-state index contributed by atoms with van der Waals surface area (Å²) in [5, 5.41) is 11.5. The van der Waals surface area contributed by atoms with Crippen molar-refractivity contribution in [3.63, 3.8) is 0 Å². The first kappa shape index (κ1) is 9.48. The van der Waals surface area contributed by atoms with Crippen LogP contribution >= 0.6 is 0 Å². The lowest BCUT2D eigenvalue weighted by Crippen LogP contribution is -2.40. The Morgan fingerprint density at radius 1 is 1.75 bits per heavy atom. The topological polar surface area (TPSA) is 75.3 Å². The number of hydrogen-bond donors (Lipinski definition) is 3. The number of aliphatic hydroxyl groups is 1. The molecule has 12 heavy (non-hydrogen) atoms. The van der Waals surface area contributed by atoms with Crippen LogP contribution in [-0.4, -0.2) is 30.2 Å². The molecule has 0 spiro atoms. The van der Waals surface area contributed by atoms with Crippen molar-refractivity contribution in [2.24, 2.45) is 11.7 Å². The largest absolute Gasteiger partial charge is 0.395 e. The van der Waals surface area contributed by atoms with Gasteiger partial charge in [-0.2, -0.15) is 0 Å². The monoisotopic (exact) mass is 172 g/mol. The van der Waals surface area contributed by atoms with Crippen molar-refractivity contribution in [2.45, 2.75) is 25.3 Å². The van der Waals surface area contributed by atoms with Gasteiger partial charge in [0.2, 0.25) is 5.91 Å². The summed E-state index contributed by atoms with van der Waals surface area (Å²) in [6, 6.07) is -0.251. The Hall–Kier alpha value is -0.610. The lowest BCUT2D eigenvalue weighted by molar-refractivity contribution is -0.127. The molecular weight excluding hydrogens is 156 g/mol. The molecule has 4 heteroatoms. The summed E-state index contributed by atoms with van der Waals surface area (Å²) in [7, 11) is 0. The number of piperidine rings is 1. The number of nitrogens with one attached hydrogen (secondary N) is 1. The fraction of sp³-hybridized carbons (Fsp3) is 0.875. The first-order valence-electron chi connectivity index (χ1n) is 4.38. The third-order valence-corrected chi connectivity index (χ3v) is 2.22. The molecule has 1 rings (SSSR count). The molecule has 1 heterocycles. The molecule has 1 saturated heterocycles. The number of carbonyl (C=O) groups excluding carboxylic acids is 1. The van der Waals surface area contributed by atoms with E-state index in [-0.39, 0.29) is 24.5 Å². The smallest absolute Gasteiger partial charge is 0.223 e. The van der Waals surface area contributed by atoms with Crippen molar-refractivity contribution in [3.8, 4) is 0 Å². The van der Waals surface area contributed by atoms with E-state index in [1.165, 1.54) is 0 Å². The number of nitrogens with two attached hydrogens (primary N) is 1. The van der Waals surface area contributed by atoms with Crippen molar-refractivity contribution in [2.75, 3.05) is 13.2 Å². The molecule has 0 saturated carbocycles. The van der Waals surface area contributed by atoms with Gasteiger partial charge in [0.1, 0.15) is 0 Å². The summed E-state index contributed by atoms with van der Waals surface area (Å²) in [5.41, 5.74) is 5.54. The molecule has 1 aliphatic heterocycles.